The van der Waals surface area contributed by atoms with Gasteiger partial charge >= 0.3 is 0 Å². The Morgan fingerprint density at radius 3 is 1.65 bits per heavy atom. The van der Waals surface area contributed by atoms with Crippen LogP contribution < -0.4 is 0 Å². The van der Waals surface area contributed by atoms with Gasteiger partial charge in [0.1, 0.15) is 0 Å². The Kier molecular flexibility index (Phi) is 18.5. The zero-order valence-corrected chi connectivity index (χ0v) is 43.7. The van der Waals surface area contributed by atoms with E-state index >= 15 is 0 Å². The molecule has 4 aliphatic rings. The average molecular weight is 1100 g/mol. The molecule has 0 saturated carbocycles. The summed E-state index contributed by atoms with van der Waals surface area (Å²) in [6, 6.07) is 20.2. The van der Waals surface area contributed by atoms with Crippen molar-refractivity contribution in [1.82, 2.24) is 37.7 Å². The number of hydrogen-bond donors (Lipinski definition) is 0. The summed E-state index contributed by atoms with van der Waals surface area (Å²) in [6.07, 6.45) is 26.9. The monoisotopic (exact) mass is 1100 g/mol. The van der Waals surface area contributed by atoms with Crippen LogP contribution in [-0.4, -0.2) is 93.2 Å². The first-order valence-corrected chi connectivity index (χ1v) is 28.0. The molecule has 6 heterocycles. The molecule has 6 aromatic rings. The first-order valence-electron chi connectivity index (χ1n) is 22.7. The highest BCUT2D eigenvalue weighted by molar-refractivity contribution is 9.15. The summed E-state index contributed by atoms with van der Waals surface area (Å²) in [6.45, 7) is 5.78. The molecule has 2 atom stereocenters. The van der Waals surface area contributed by atoms with Crippen LogP contribution in [-0.2, 0) is 34.1 Å². The minimum atomic E-state index is -3.18. The van der Waals surface area contributed by atoms with Crippen molar-refractivity contribution in [1.29, 1.82) is 0 Å². The van der Waals surface area contributed by atoms with Crippen molar-refractivity contribution < 1.29 is 16.8 Å². The lowest BCUT2D eigenvalue weighted by Gasteiger charge is -2.35. The van der Waals surface area contributed by atoms with Crippen molar-refractivity contribution in [3.8, 4) is 0 Å². The minimum absolute atomic E-state index is 0. The molecule has 71 heavy (non-hydrogen) atoms. The molecule has 4 aromatic heterocycles. The molecule has 2 aliphatic carbocycles. The van der Waals surface area contributed by atoms with Crippen molar-refractivity contribution in [3.05, 3.63) is 177 Å². The second kappa shape index (κ2) is 23.7. The number of aromatic nitrogens is 6. The molecular weight excluding hydrogens is 1040 g/mol. The topological polar surface area (TPSA) is 136 Å². The second-order valence-electron chi connectivity index (χ2n) is 17.9. The highest BCUT2D eigenvalue weighted by atomic mass is 79.9. The normalized spacial score (nSPS) is 18.4. The standard InChI is InChI=1S/C26H27ClN4O2S.C20H20BrClN2O2S.C6H8N2.2CH4/c1-30-16-22(29-17-30)7-5-19-14-20-15-21(27)6-8-23(20)25(26-24(19)4-3-11-28-26)18-9-12-31(13-10-18)34(2,32)33;1-27(25,26)24-9-6-13(7-10-24)19-16-5-4-15(22)11-14(16)12-18(21)17-3-2-8-23-20(17)19;1-3-6-4-7-5-8(6)2;;/h3-8,11,14-18,25H,9-10,12-13H2,1-2H3;2-5,8,11-13,19H,6-7,9-10H2,1H3;3-5H,1H2,2H3;2*1H4/b7-5+;;;;. The SMILES string of the molecule is C.C.C=Cc1cncn1C.CS(=O)(=O)N1CCC(C2c3ccc(Cl)cc3C=C(Br)c3cccnc32)CC1.Cn1cnc(/C=C/C2=Cc3cc(Cl)ccc3C(C3CCN(S(C)(=O)=O)CC3)c3ncccc32)c1. The summed E-state index contributed by atoms with van der Waals surface area (Å²) in [5.41, 5.74) is 11.8. The highest BCUT2D eigenvalue weighted by Gasteiger charge is 2.37. The fraction of sp³-hybridized carbons (Fsp3) is 0.333. The first-order chi connectivity index (χ1) is 33.0. The van der Waals surface area contributed by atoms with Gasteiger partial charge in [-0.1, -0.05) is 90.9 Å². The zero-order chi connectivity index (χ0) is 49.0. The molecular formula is C54H63BrCl2N8O4S2. The van der Waals surface area contributed by atoms with E-state index in [1.165, 1.54) is 23.6 Å². The van der Waals surface area contributed by atoms with Gasteiger partial charge in [-0.3, -0.25) is 9.97 Å². The molecule has 0 bridgehead atoms. The van der Waals surface area contributed by atoms with Gasteiger partial charge in [0.2, 0.25) is 20.0 Å². The molecule has 0 N–H and O–H groups in total. The van der Waals surface area contributed by atoms with Crippen LogP contribution in [0, 0.1) is 11.8 Å². The summed E-state index contributed by atoms with van der Waals surface area (Å²) < 4.78 is 55.9. The minimum Gasteiger partial charge on any atom is -0.340 e. The average Bonchev–Trinajstić information content (AvgIpc) is 3.89. The smallest absolute Gasteiger partial charge is 0.211 e. The lowest BCUT2D eigenvalue weighted by atomic mass is 9.76. The number of aryl methyl sites for hydroxylation is 2. The lowest BCUT2D eigenvalue weighted by molar-refractivity contribution is 0.256. The molecule has 10 rings (SSSR count). The Morgan fingerprint density at radius 2 is 1.20 bits per heavy atom. The van der Waals surface area contributed by atoms with E-state index in [4.69, 9.17) is 33.2 Å². The van der Waals surface area contributed by atoms with Gasteiger partial charge in [0.25, 0.3) is 0 Å². The van der Waals surface area contributed by atoms with E-state index in [0.29, 0.717) is 42.1 Å². The molecule has 12 nitrogen and oxygen atoms in total. The van der Waals surface area contributed by atoms with Crippen molar-refractivity contribution >= 4 is 93.5 Å². The number of benzene rings is 2. The van der Waals surface area contributed by atoms with Crippen LogP contribution >= 0.6 is 39.1 Å². The number of pyridine rings is 2. The Hall–Kier alpha value is -5.00. The molecule has 2 aliphatic heterocycles. The van der Waals surface area contributed by atoms with Crippen LogP contribution in [0.5, 0.6) is 0 Å². The number of nitrogens with zero attached hydrogens (tertiary/aromatic N) is 8. The van der Waals surface area contributed by atoms with Crippen LogP contribution in [0.2, 0.25) is 10.0 Å². The summed E-state index contributed by atoms with van der Waals surface area (Å²) in [5, 5.41) is 1.39. The maximum absolute atomic E-state index is 12.1. The van der Waals surface area contributed by atoms with Gasteiger partial charge in [0, 0.05) is 96.4 Å². The van der Waals surface area contributed by atoms with Gasteiger partial charge < -0.3 is 9.13 Å². The molecule has 0 radical (unpaired) electrons. The van der Waals surface area contributed by atoms with Crippen LogP contribution in [0.25, 0.3) is 34.4 Å². The van der Waals surface area contributed by atoms with Gasteiger partial charge in [-0.05, 0) is 126 Å². The first kappa shape index (κ1) is 55.3. The Bertz CT molecular complexity index is 3170. The van der Waals surface area contributed by atoms with E-state index in [1.807, 2.05) is 84.3 Å². The molecule has 2 unspecified atom stereocenters. The number of imidazole rings is 2. The summed E-state index contributed by atoms with van der Waals surface area (Å²) >= 11 is 16.4. The Balaban J connectivity index is 0.000000199. The fourth-order valence-electron chi connectivity index (χ4n) is 9.87. The van der Waals surface area contributed by atoms with Gasteiger partial charge in [0.15, 0.2) is 0 Å². The Labute approximate surface area is 439 Å². The third-order valence-corrected chi connectivity index (χ3v) is 17.0. The van der Waals surface area contributed by atoms with E-state index < -0.39 is 20.0 Å². The number of rotatable bonds is 7. The predicted molar refractivity (Wildman–Crippen MR) is 297 cm³/mol. The van der Waals surface area contributed by atoms with E-state index in [1.54, 1.807) is 33.5 Å². The molecule has 17 heteroatoms. The number of halogens is 3. The van der Waals surface area contributed by atoms with Crippen molar-refractivity contribution in [3.63, 3.8) is 0 Å². The Morgan fingerprint density at radius 1 is 0.690 bits per heavy atom. The maximum atomic E-state index is 12.1. The number of allylic oxidation sites excluding steroid dienone is 2. The van der Waals surface area contributed by atoms with Crippen LogP contribution in [0.3, 0.4) is 0 Å². The number of fused-ring (bicyclic) bond motifs is 4. The molecule has 376 valence electrons. The molecule has 2 aromatic carbocycles. The van der Waals surface area contributed by atoms with E-state index in [-0.39, 0.29) is 32.6 Å². The van der Waals surface area contributed by atoms with Crippen molar-refractivity contribution in [2.24, 2.45) is 25.9 Å². The van der Waals surface area contributed by atoms with Gasteiger partial charge in [0.05, 0.1) is 54.1 Å². The number of sulfonamides is 2. The highest BCUT2D eigenvalue weighted by Crippen LogP contribution is 2.47. The quantitative estimate of drug-likeness (QED) is 0.154. The lowest BCUT2D eigenvalue weighted by Crippen LogP contribution is -2.39. The summed E-state index contributed by atoms with van der Waals surface area (Å²) in [7, 11) is -2.44. The molecule has 0 amide bonds. The van der Waals surface area contributed by atoms with Gasteiger partial charge in [-0.25, -0.2) is 35.4 Å². The second-order valence-corrected chi connectivity index (χ2v) is 23.6. The maximum Gasteiger partial charge on any atom is 0.211 e. The van der Waals surface area contributed by atoms with E-state index in [2.05, 4.69) is 75.0 Å². The largest absolute Gasteiger partial charge is 0.340 e. The van der Waals surface area contributed by atoms with E-state index in [0.717, 1.165) is 80.8 Å². The fourth-order valence-corrected chi connectivity index (χ4v) is 12.6. The van der Waals surface area contributed by atoms with Crippen LogP contribution in [0.4, 0.5) is 0 Å². The molecule has 2 saturated heterocycles. The number of hydrogen-bond acceptors (Lipinski definition) is 8. The van der Waals surface area contributed by atoms with Crippen molar-refractivity contribution in [2.45, 2.75) is 52.4 Å². The van der Waals surface area contributed by atoms with Crippen LogP contribution in [0.15, 0.2) is 111 Å². The zero-order valence-electron chi connectivity index (χ0n) is 39.0. The summed E-state index contributed by atoms with van der Waals surface area (Å²) in [4.78, 5) is 17.9. The molecule has 2 fully saturated rings. The molecule has 0 spiro atoms. The predicted octanol–water partition coefficient (Wildman–Crippen LogP) is 11.9. The number of piperidine rings is 2. The van der Waals surface area contributed by atoms with Gasteiger partial charge in [-0.2, -0.15) is 0 Å². The van der Waals surface area contributed by atoms with E-state index in [9.17, 15) is 16.8 Å². The third kappa shape index (κ3) is 13.0. The summed E-state index contributed by atoms with van der Waals surface area (Å²) in [5.74, 6) is 0.770. The van der Waals surface area contributed by atoms with Crippen LogP contribution in [0.1, 0.15) is 109 Å². The van der Waals surface area contributed by atoms with Gasteiger partial charge in [-0.15, -0.1) is 0 Å². The third-order valence-electron chi connectivity index (χ3n) is 13.3. The van der Waals surface area contributed by atoms with Crippen molar-refractivity contribution in [2.75, 3.05) is 38.7 Å².